The van der Waals surface area contributed by atoms with Gasteiger partial charge in [0.05, 0.1) is 24.1 Å². The summed E-state index contributed by atoms with van der Waals surface area (Å²) in [5, 5.41) is 4.58. The third-order valence-electron chi connectivity index (χ3n) is 4.49. The van der Waals surface area contributed by atoms with Gasteiger partial charge in [0.2, 0.25) is 5.91 Å². The van der Waals surface area contributed by atoms with Crippen molar-refractivity contribution in [1.29, 1.82) is 0 Å². The van der Waals surface area contributed by atoms with Crippen LogP contribution >= 0.6 is 11.6 Å². The maximum Gasteiger partial charge on any atom is 0.282 e. The van der Waals surface area contributed by atoms with E-state index in [9.17, 15) is 13.2 Å². The molecule has 1 aliphatic heterocycles. The Hall–Kier alpha value is -2.64. The number of anilines is 1. The van der Waals surface area contributed by atoms with Gasteiger partial charge >= 0.3 is 0 Å². The molecule has 6 nitrogen and oxygen atoms in total. The van der Waals surface area contributed by atoms with Gasteiger partial charge in [-0.1, -0.05) is 29.3 Å². The molecule has 0 saturated carbocycles. The first-order valence-corrected chi connectivity index (χ1v) is 10.1. The Morgan fingerprint density at radius 3 is 2.63 bits per heavy atom. The lowest BCUT2D eigenvalue weighted by Gasteiger charge is -2.16. The molecule has 0 atom stereocenters. The Bertz CT molecular complexity index is 1140. The van der Waals surface area contributed by atoms with Crippen molar-refractivity contribution in [3.8, 4) is 0 Å². The van der Waals surface area contributed by atoms with E-state index in [4.69, 9.17) is 11.6 Å². The molecule has 0 aliphatic carbocycles. The molecule has 2 aromatic carbocycles. The quantitative estimate of drug-likeness (QED) is 0.673. The van der Waals surface area contributed by atoms with Crippen LogP contribution in [0.2, 0.25) is 5.02 Å². The van der Waals surface area contributed by atoms with Gasteiger partial charge in [-0.05, 0) is 42.8 Å². The molecule has 0 saturated heterocycles. The third kappa shape index (κ3) is 3.24. The zero-order chi connectivity index (χ0) is 19.2. The maximum absolute atomic E-state index is 12.7. The molecule has 138 valence electrons. The largest absolute Gasteiger partial charge is 0.307 e. The predicted octanol–water partition coefficient (Wildman–Crippen LogP) is 3.17. The fraction of sp³-hybridized carbons (Fsp3) is 0.158. The van der Waals surface area contributed by atoms with E-state index in [0.717, 1.165) is 20.9 Å². The first-order valence-electron chi connectivity index (χ1n) is 8.29. The van der Waals surface area contributed by atoms with Crippen LogP contribution < -0.4 is 4.90 Å². The van der Waals surface area contributed by atoms with Crippen molar-refractivity contribution in [2.75, 3.05) is 4.90 Å². The van der Waals surface area contributed by atoms with Crippen molar-refractivity contribution in [2.45, 2.75) is 24.8 Å². The van der Waals surface area contributed by atoms with Crippen LogP contribution in [-0.4, -0.2) is 23.5 Å². The molecule has 4 rings (SSSR count). The molecule has 3 aromatic rings. The van der Waals surface area contributed by atoms with Crippen molar-refractivity contribution >= 4 is 33.2 Å². The fourth-order valence-corrected chi connectivity index (χ4v) is 4.41. The summed E-state index contributed by atoms with van der Waals surface area (Å²) < 4.78 is 26.3. The smallest absolute Gasteiger partial charge is 0.282 e. The highest BCUT2D eigenvalue weighted by molar-refractivity contribution is 7.89. The van der Waals surface area contributed by atoms with Crippen LogP contribution in [0.3, 0.4) is 0 Å². The second kappa shape index (κ2) is 6.51. The van der Waals surface area contributed by atoms with Gasteiger partial charge < -0.3 is 4.90 Å². The number of nitrogens with zero attached hydrogens (tertiary/aromatic N) is 3. The average molecular weight is 402 g/mol. The summed E-state index contributed by atoms with van der Waals surface area (Å²) in [5.41, 5.74) is 3.26. The number of aryl methyl sites for hydroxylation is 1. The van der Waals surface area contributed by atoms with Crippen molar-refractivity contribution in [2.24, 2.45) is 0 Å². The number of carbonyl (C=O) groups excluding carboxylic acids is 1. The Morgan fingerprint density at radius 2 is 1.89 bits per heavy atom. The molecule has 0 bridgehead atoms. The molecule has 0 unspecified atom stereocenters. The molecular formula is C19H16ClN3O3S. The van der Waals surface area contributed by atoms with Crippen LogP contribution in [0, 0.1) is 6.92 Å². The Balaban J connectivity index is 1.61. The molecular weight excluding hydrogens is 386 g/mol. The number of benzene rings is 2. The number of fused-ring (bicyclic) bond motifs is 1. The summed E-state index contributed by atoms with van der Waals surface area (Å²) in [6, 6.07) is 11.9. The van der Waals surface area contributed by atoms with Gasteiger partial charge in [0.1, 0.15) is 0 Å². The van der Waals surface area contributed by atoms with Crippen LogP contribution in [0.1, 0.15) is 16.7 Å². The third-order valence-corrected chi connectivity index (χ3v) is 6.29. The normalized spacial score (nSPS) is 13.9. The summed E-state index contributed by atoms with van der Waals surface area (Å²) >= 11 is 5.99. The van der Waals surface area contributed by atoms with Gasteiger partial charge in [0.25, 0.3) is 10.0 Å². The van der Waals surface area contributed by atoms with Crippen LogP contribution in [0.15, 0.2) is 59.8 Å². The molecule has 8 heteroatoms. The fourth-order valence-electron chi connectivity index (χ4n) is 3.08. The topological polar surface area (TPSA) is 72.3 Å². The first-order chi connectivity index (χ1) is 12.8. The second-order valence-electron chi connectivity index (χ2n) is 6.47. The zero-order valence-electron chi connectivity index (χ0n) is 14.5. The summed E-state index contributed by atoms with van der Waals surface area (Å²) in [7, 11) is -3.76. The van der Waals surface area contributed by atoms with E-state index in [1.54, 1.807) is 47.4 Å². The van der Waals surface area contributed by atoms with Crippen LogP contribution in [0.4, 0.5) is 5.69 Å². The molecule has 1 amide bonds. The van der Waals surface area contributed by atoms with Gasteiger partial charge in [0.15, 0.2) is 0 Å². The molecule has 0 N–H and O–H groups in total. The van der Waals surface area contributed by atoms with Gasteiger partial charge in [0, 0.05) is 22.5 Å². The second-order valence-corrected chi connectivity index (χ2v) is 8.70. The molecule has 0 spiro atoms. The van der Waals surface area contributed by atoms with E-state index in [0.29, 0.717) is 10.6 Å². The van der Waals surface area contributed by atoms with Crippen molar-refractivity contribution in [3.05, 3.63) is 76.6 Å². The predicted molar refractivity (Wildman–Crippen MR) is 102 cm³/mol. The van der Waals surface area contributed by atoms with Gasteiger partial charge in [-0.2, -0.15) is 17.6 Å². The molecule has 1 aromatic heterocycles. The molecule has 2 heterocycles. The minimum atomic E-state index is -3.76. The Morgan fingerprint density at radius 1 is 1.15 bits per heavy atom. The maximum atomic E-state index is 12.7. The lowest BCUT2D eigenvalue weighted by molar-refractivity contribution is -0.117. The van der Waals surface area contributed by atoms with Crippen LogP contribution in [0.25, 0.3) is 0 Å². The van der Waals surface area contributed by atoms with Gasteiger partial charge in [-0.25, -0.2) is 0 Å². The van der Waals surface area contributed by atoms with Crippen LogP contribution in [-0.2, 0) is 27.8 Å². The number of hydrogen-bond acceptors (Lipinski definition) is 4. The standard InChI is InChI=1S/C19H16ClN3O3S/c1-13-2-5-17(6-3-13)27(25,26)23-12-14(10-21-23)11-22-18-7-4-16(20)8-15(18)9-19(22)24/h2-8,10,12H,9,11H2,1H3. The highest BCUT2D eigenvalue weighted by Crippen LogP contribution is 2.32. The van der Waals surface area contributed by atoms with E-state index in [1.807, 2.05) is 6.92 Å². The monoisotopic (exact) mass is 401 g/mol. The lowest BCUT2D eigenvalue weighted by Crippen LogP contribution is -2.25. The van der Waals surface area contributed by atoms with E-state index in [1.165, 1.54) is 12.4 Å². The minimum Gasteiger partial charge on any atom is -0.307 e. The summed E-state index contributed by atoms with van der Waals surface area (Å²) in [5.74, 6) is -0.0543. The molecule has 0 radical (unpaired) electrons. The van der Waals surface area contributed by atoms with Gasteiger partial charge in [-0.3, -0.25) is 4.79 Å². The number of hydrogen-bond donors (Lipinski definition) is 0. The lowest BCUT2D eigenvalue weighted by atomic mass is 10.2. The van der Waals surface area contributed by atoms with Crippen molar-refractivity contribution < 1.29 is 13.2 Å². The van der Waals surface area contributed by atoms with Crippen LogP contribution in [0.5, 0.6) is 0 Å². The average Bonchev–Trinajstić information content (AvgIpc) is 3.21. The number of carbonyl (C=O) groups is 1. The van der Waals surface area contributed by atoms with Crippen molar-refractivity contribution in [1.82, 2.24) is 9.19 Å². The SMILES string of the molecule is Cc1ccc(S(=O)(=O)n2cc(CN3C(=O)Cc4cc(Cl)ccc43)cn2)cc1. The summed E-state index contributed by atoms with van der Waals surface area (Å²) in [4.78, 5) is 14.1. The Kier molecular flexibility index (Phi) is 4.28. The highest BCUT2D eigenvalue weighted by Gasteiger charge is 2.28. The summed E-state index contributed by atoms with van der Waals surface area (Å²) in [6.45, 7) is 2.14. The molecule has 27 heavy (non-hydrogen) atoms. The van der Waals surface area contributed by atoms with E-state index < -0.39 is 10.0 Å². The Labute approximate surface area is 162 Å². The zero-order valence-corrected chi connectivity index (χ0v) is 16.0. The summed E-state index contributed by atoms with van der Waals surface area (Å²) in [6.07, 6.45) is 3.19. The number of halogens is 1. The van der Waals surface area contributed by atoms with E-state index >= 15 is 0 Å². The molecule has 0 fully saturated rings. The minimum absolute atomic E-state index is 0.0543. The van der Waals surface area contributed by atoms with Crippen molar-refractivity contribution in [3.63, 3.8) is 0 Å². The van der Waals surface area contributed by atoms with E-state index in [2.05, 4.69) is 5.10 Å². The highest BCUT2D eigenvalue weighted by atomic mass is 35.5. The number of rotatable bonds is 4. The van der Waals surface area contributed by atoms with E-state index in [-0.39, 0.29) is 23.8 Å². The first kappa shape index (κ1) is 17.8. The molecule has 1 aliphatic rings. The number of aromatic nitrogens is 2. The number of amides is 1. The van der Waals surface area contributed by atoms with Gasteiger partial charge in [-0.15, -0.1) is 0 Å².